The summed E-state index contributed by atoms with van der Waals surface area (Å²) in [7, 11) is 1.44. The summed E-state index contributed by atoms with van der Waals surface area (Å²) in [6, 6.07) is 0. The van der Waals surface area contributed by atoms with Crippen LogP contribution in [0.1, 0.15) is 83.1 Å². The molecular weight excluding hydrogens is 598 g/mol. The zero-order valence-electron chi connectivity index (χ0n) is 26.0. The summed E-state index contributed by atoms with van der Waals surface area (Å²) in [5.74, 6) is 1.94. The third kappa shape index (κ3) is 10.5. The topological polar surface area (TPSA) is 25.3 Å². The first-order valence-corrected chi connectivity index (χ1v) is 18.7. The van der Waals surface area contributed by atoms with Gasteiger partial charge in [0.15, 0.2) is 0 Å². The molecule has 0 saturated carbocycles. The van der Waals surface area contributed by atoms with Crippen LogP contribution in [0.4, 0.5) is 0 Å². The predicted molar refractivity (Wildman–Crippen MR) is 165 cm³/mol. The first-order valence-electron chi connectivity index (χ1n) is 13.7. The van der Waals surface area contributed by atoms with E-state index in [1.165, 1.54) is 19.6 Å². The van der Waals surface area contributed by atoms with E-state index in [1.807, 2.05) is 0 Å². The van der Waals surface area contributed by atoms with Crippen LogP contribution in [0.15, 0.2) is 4.52 Å². The van der Waals surface area contributed by atoms with Gasteiger partial charge in [-0.25, -0.2) is 14.0 Å². The van der Waals surface area contributed by atoms with Crippen molar-refractivity contribution in [1.82, 2.24) is 18.9 Å². The summed E-state index contributed by atoms with van der Waals surface area (Å²) in [5.41, 5.74) is 0. The van der Waals surface area contributed by atoms with Gasteiger partial charge in [0, 0.05) is 58.9 Å². The molecular formula is C27H61ClN5P2Pd+. The number of hydrogen-bond donors (Lipinski definition) is 0. The van der Waals surface area contributed by atoms with Gasteiger partial charge in [-0.05, 0) is 59.3 Å². The fourth-order valence-corrected chi connectivity index (χ4v) is 16.7. The molecule has 220 valence electrons. The molecule has 9 heteroatoms. The molecule has 0 unspecified atom stereocenters. The number of fused-ring (bicyclic) bond motifs is 6. The van der Waals surface area contributed by atoms with E-state index >= 15 is 0 Å². The number of hydrogen-bond acceptors (Lipinski definition) is 2. The molecule has 3 aliphatic rings. The van der Waals surface area contributed by atoms with Crippen LogP contribution < -0.4 is 0 Å². The van der Waals surface area contributed by atoms with Crippen molar-refractivity contribution in [3.05, 3.63) is 7.43 Å². The van der Waals surface area contributed by atoms with E-state index in [0.717, 1.165) is 39.3 Å². The average Bonchev–Trinajstić information content (AvgIpc) is 2.68. The van der Waals surface area contributed by atoms with Gasteiger partial charge in [0.25, 0.3) is 0 Å². The van der Waals surface area contributed by atoms with E-state index in [1.54, 1.807) is 0 Å². The number of rotatable bonds is 7. The van der Waals surface area contributed by atoms with E-state index in [-0.39, 0.29) is 17.7 Å². The second-order valence-electron chi connectivity index (χ2n) is 13.7. The molecule has 0 aromatic heterocycles. The zero-order chi connectivity index (χ0) is 27.2. The number of nitrogens with zero attached hydrogens (tertiary/aromatic N) is 5. The van der Waals surface area contributed by atoms with Crippen LogP contribution in [0.2, 0.25) is 0 Å². The van der Waals surface area contributed by atoms with Crippen molar-refractivity contribution in [1.29, 1.82) is 0 Å². The van der Waals surface area contributed by atoms with E-state index < -0.39 is 15.6 Å². The van der Waals surface area contributed by atoms with Crippen molar-refractivity contribution in [2.45, 2.75) is 93.4 Å². The molecule has 3 heterocycles. The Hall–Kier alpha value is 1.45. The van der Waals surface area contributed by atoms with Gasteiger partial charge >= 0.3 is 27.7 Å². The van der Waals surface area contributed by atoms with Crippen LogP contribution in [0.25, 0.3) is 0 Å². The second-order valence-corrected chi connectivity index (χ2v) is 21.0. The van der Waals surface area contributed by atoms with Gasteiger partial charge in [-0.15, -0.1) is 4.52 Å². The molecule has 0 amide bonds. The van der Waals surface area contributed by atoms with E-state index in [4.69, 9.17) is 4.52 Å². The molecule has 0 N–H and O–H groups in total. The molecule has 0 aliphatic carbocycles. The van der Waals surface area contributed by atoms with Crippen molar-refractivity contribution in [2.75, 3.05) is 58.9 Å². The van der Waals surface area contributed by atoms with Crippen LogP contribution >= 0.6 is 25.1 Å². The third-order valence-electron chi connectivity index (χ3n) is 6.54. The van der Waals surface area contributed by atoms with Gasteiger partial charge in [-0.3, -0.25) is 4.90 Å². The molecule has 3 rings (SSSR count). The third-order valence-corrected chi connectivity index (χ3v) is 14.6. The monoisotopic (exact) mass is 658 g/mol. The molecule has 0 spiro atoms. The summed E-state index contributed by atoms with van der Waals surface area (Å²) < 4.78 is 15.0. The van der Waals surface area contributed by atoms with Crippen LogP contribution in [0, 0.1) is 25.2 Å². The molecule has 3 saturated heterocycles. The Bertz CT molecular complexity index is 600. The van der Waals surface area contributed by atoms with Crippen molar-refractivity contribution in [2.24, 2.45) is 22.3 Å². The number of halogens is 1. The van der Waals surface area contributed by atoms with Crippen LogP contribution in [-0.4, -0.2) is 88.1 Å². The second kappa shape index (κ2) is 16.0. The fourth-order valence-electron chi connectivity index (χ4n) is 5.66. The standard InChI is InChI=1S/C26H57N5P2.CH3.ClH.Pd/c1-22(2)19-29-16-13-28-14-17-30(20-23(3)4)33(29,31(18-15-28)21-24(5)6)27-32(25(7,8)9)26(10,11)12;;;/h22-24H,13-21H2,1-12H3;1H3;1H;/q;-1;;+2. The Kier molecular flexibility index (Phi) is 16.7. The first-order chi connectivity index (χ1) is 16.1. The van der Waals surface area contributed by atoms with E-state index in [2.05, 4.69) is 130 Å². The summed E-state index contributed by atoms with van der Waals surface area (Å²) >= 11 is 2.22. The van der Waals surface area contributed by atoms with Gasteiger partial charge in [0.05, 0.1) is 10.3 Å². The molecule has 0 atom stereocenters. The molecule has 3 aliphatic heterocycles. The molecule has 2 bridgehead atoms. The van der Waals surface area contributed by atoms with Crippen molar-refractivity contribution < 1.29 is 18.2 Å². The van der Waals surface area contributed by atoms with Crippen molar-refractivity contribution in [3.8, 4) is 0 Å². The van der Waals surface area contributed by atoms with Crippen LogP contribution in [0.3, 0.4) is 0 Å². The summed E-state index contributed by atoms with van der Waals surface area (Å²) in [5, 5.41) is 0.454. The van der Waals surface area contributed by atoms with E-state index in [9.17, 15) is 0 Å². The Labute approximate surface area is 243 Å². The van der Waals surface area contributed by atoms with Gasteiger partial charge in [-0.2, -0.15) is 0 Å². The maximum absolute atomic E-state index is 6.30. The summed E-state index contributed by atoms with van der Waals surface area (Å²) in [4.78, 5) is 2.72. The fraction of sp³-hybridized carbons (Fsp3) is 0.963. The Balaban J connectivity index is 0.00000398. The minimum absolute atomic E-state index is 0. The maximum atomic E-state index is 6.30. The van der Waals surface area contributed by atoms with Crippen LogP contribution in [-0.2, 0) is 18.2 Å². The molecule has 3 fully saturated rings. The normalized spacial score (nSPS) is 24.9. The van der Waals surface area contributed by atoms with Gasteiger partial charge < -0.3 is 7.43 Å². The predicted octanol–water partition coefficient (Wildman–Crippen LogP) is 8.00. The van der Waals surface area contributed by atoms with E-state index in [0.29, 0.717) is 17.8 Å². The Morgan fingerprint density at radius 3 is 1.17 bits per heavy atom. The molecule has 0 aromatic rings. The van der Waals surface area contributed by atoms with Gasteiger partial charge in [0.2, 0.25) is 7.51 Å². The summed E-state index contributed by atoms with van der Waals surface area (Å²) in [6.07, 6.45) is 0. The Morgan fingerprint density at radius 1 is 0.667 bits per heavy atom. The van der Waals surface area contributed by atoms with Crippen molar-refractivity contribution >= 4 is 25.1 Å². The zero-order valence-corrected chi connectivity index (χ0v) is 30.2. The first kappa shape index (κ1) is 37.5. The molecule has 0 aromatic carbocycles. The molecule has 5 nitrogen and oxygen atoms in total. The average molecular weight is 660 g/mol. The van der Waals surface area contributed by atoms with Gasteiger partial charge in [-0.1, -0.05) is 41.5 Å². The van der Waals surface area contributed by atoms with Crippen molar-refractivity contribution in [3.63, 3.8) is 0 Å². The SMILES string of the molecule is CC(C)CN1CCN2CCN(CC(C)C)P1(=N[PH+](C(C)(C)C)C(C)(C)C)N(CC(C)C)CC2.[CH3-].[Cl][Pd+]. The van der Waals surface area contributed by atoms with Crippen LogP contribution in [0.5, 0.6) is 0 Å². The molecule has 36 heavy (non-hydrogen) atoms. The van der Waals surface area contributed by atoms with Gasteiger partial charge in [0.1, 0.15) is 8.07 Å². The summed E-state index contributed by atoms with van der Waals surface area (Å²) in [6.45, 7) is 39.6. The quantitative estimate of drug-likeness (QED) is 0.157. The molecule has 0 radical (unpaired) electrons. The minimum atomic E-state index is -2.02. The Morgan fingerprint density at radius 2 is 0.944 bits per heavy atom.